The maximum Gasteiger partial charge on any atom is 0.325 e. The average molecular weight is 683 g/mol. The minimum absolute atomic E-state index is 0.193. The summed E-state index contributed by atoms with van der Waals surface area (Å²) >= 11 is 12.8. The minimum Gasteiger partial charge on any atom is -0.494 e. The predicted octanol–water partition coefficient (Wildman–Crippen LogP) is 6.76. The van der Waals surface area contributed by atoms with Crippen LogP contribution < -0.4 is 9.64 Å². The fourth-order valence-corrected chi connectivity index (χ4v) is 5.57. The lowest BCUT2D eigenvalue weighted by molar-refractivity contribution is -0.140. The van der Waals surface area contributed by atoms with Gasteiger partial charge >= 0.3 is 5.97 Å². The van der Waals surface area contributed by atoms with Gasteiger partial charge in [0.1, 0.15) is 18.0 Å². The van der Waals surface area contributed by atoms with Gasteiger partial charge in [0.2, 0.25) is 0 Å². The van der Waals surface area contributed by atoms with Crippen LogP contribution in [0.4, 0.5) is 5.69 Å². The SMILES string of the molecule is CCOc1ccc(N2C(=O)/C(=C/c3cn(Cc4ccc(Br)cc4)c4ccc(Br)cc34)N(CC(=O)OC)C2=S)cc1. The van der Waals surface area contributed by atoms with Gasteiger partial charge in [0, 0.05) is 38.2 Å². The number of halogens is 2. The fourth-order valence-electron chi connectivity index (χ4n) is 4.59. The monoisotopic (exact) mass is 681 g/mol. The largest absolute Gasteiger partial charge is 0.494 e. The molecule has 7 nitrogen and oxygen atoms in total. The van der Waals surface area contributed by atoms with E-state index < -0.39 is 5.97 Å². The molecule has 0 saturated carbocycles. The first-order valence-corrected chi connectivity index (χ1v) is 14.5. The molecule has 0 bridgehead atoms. The lowest BCUT2D eigenvalue weighted by Crippen LogP contribution is -2.35. The van der Waals surface area contributed by atoms with Crippen LogP contribution in [0.5, 0.6) is 5.75 Å². The molecule has 1 aliphatic heterocycles. The molecular weight excluding hydrogens is 658 g/mol. The Morgan fingerprint density at radius 1 is 1.00 bits per heavy atom. The van der Waals surface area contributed by atoms with Crippen molar-refractivity contribution in [1.82, 2.24) is 9.47 Å². The van der Waals surface area contributed by atoms with Crippen LogP contribution in [0.3, 0.4) is 0 Å². The topological polar surface area (TPSA) is 64.0 Å². The van der Waals surface area contributed by atoms with E-state index in [0.717, 1.165) is 31.0 Å². The molecule has 3 aromatic carbocycles. The van der Waals surface area contributed by atoms with Crippen molar-refractivity contribution in [2.45, 2.75) is 13.5 Å². The standard InChI is InChI=1S/C30H25Br2N3O4S/c1-3-39-24-11-9-23(10-12-24)35-29(37)27(34(30(35)40)18-28(36)38-2)14-20-17-33(16-19-4-6-21(31)7-5-19)26-13-8-22(32)15-25(20)26/h4-15,17H,3,16,18H2,1-2H3/b27-14-. The Hall–Kier alpha value is -3.47. The second-order valence-electron chi connectivity index (χ2n) is 9.04. The number of carbonyl (C=O) groups is 2. The number of anilines is 1. The lowest BCUT2D eigenvalue weighted by atomic mass is 10.1. The third-order valence-electron chi connectivity index (χ3n) is 6.49. The summed E-state index contributed by atoms with van der Waals surface area (Å²) in [6.45, 7) is 2.89. The van der Waals surface area contributed by atoms with Crippen molar-refractivity contribution in [2.75, 3.05) is 25.2 Å². The number of ether oxygens (including phenoxy) is 2. The minimum atomic E-state index is -0.505. The van der Waals surface area contributed by atoms with Crippen molar-refractivity contribution in [1.29, 1.82) is 0 Å². The molecule has 0 spiro atoms. The molecule has 40 heavy (non-hydrogen) atoms. The van der Waals surface area contributed by atoms with Crippen molar-refractivity contribution >= 4 is 83.7 Å². The number of carbonyl (C=O) groups excluding carboxylic acids is 2. The summed E-state index contributed by atoms with van der Waals surface area (Å²) in [5, 5.41) is 1.15. The zero-order valence-corrected chi connectivity index (χ0v) is 25.8. The Morgan fingerprint density at radius 3 is 2.38 bits per heavy atom. The number of thiocarbonyl (C=S) groups is 1. The van der Waals surface area contributed by atoms with Crippen LogP contribution in [0.15, 0.2) is 87.6 Å². The molecule has 0 radical (unpaired) electrons. The molecular formula is C30H25Br2N3O4S. The van der Waals surface area contributed by atoms with Crippen molar-refractivity contribution in [2.24, 2.45) is 0 Å². The number of fused-ring (bicyclic) bond motifs is 1. The Kier molecular flexibility index (Phi) is 8.39. The van der Waals surface area contributed by atoms with Gasteiger partial charge in [0.25, 0.3) is 5.91 Å². The zero-order valence-electron chi connectivity index (χ0n) is 21.8. The van der Waals surface area contributed by atoms with Crippen molar-refractivity contribution in [3.8, 4) is 5.75 Å². The average Bonchev–Trinajstić information content (AvgIpc) is 3.39. The number of methoxy groups -OCH3 is 1. The third kappa shape index (κ3) is 5.70. The molecule has 10 heteroatoms. The van der Waals surface area contributed by atoms with Crippen LogP contribution in [0.25, 0.3) is 17.0 Å². The first-order chi connectivity index (χ1) is 19.3. The smallest absolute Gasteiger partial charge is 0.325 e. The Morgan fingerprint density at radius 2 is 1.70 bits per heavy atom. The van der Waals surface area contributed by atoms with E-state index >= 15 is 0 Å². The zero-order chi connectivity index (χ0) is 28.4. The van der Waals surface area contributed by atoms with Gasteiger partial charge in [-0.3, -0.25) is 14.5 Å². The predicted molar refractivity (Wildman–Crippen MR) is 167 cm³/mol. The van der Waals surface area contributed by atoms with E-state index in [1.165, 1.54) is 16.9 Å². The van der Waals surface area contributed by atoms with E-state index in [9.17, 15) is 9.59 Å². The number of hydrogen-bond acceptors (Lipinski definition) is 5. The van der Waals surface area contributed by atoms with Crippen LogP contribution in [0.2, 0.25) is 0 Å². The van der Waals surface area contributed by atoms with Crippen molar-refractivity contribution < 1.29 is 19.1 Å². The normalized spacial score (nSPS) is 14.4. The van der Waals surface area contributed by atoms with Gasteiger partial charge in [-0.1, -0.05) is 44.0 Å². The second-order valence-corrected chi connectivity index (χ2v) is 11.2. The molecule has 1 aliphatic rings. The van der Waals surface area contributed by atoms with Crippen molar-refractivity contribution in [3.63, 3.8) is 0 Å². The molecule has 4 aromatic rings. The molecule has 2 heterocycles. The van der Waals surface area contributed by atoms with E-state index in [1.54, 1.807) is 30.3 Å². The van der Waals surface area contributed by atoms with Gasteiger partial charge in [0.15, 0.2) is 5.11 Å². The highest BCUT2D eigenvalue weighted by Crippen LogP contribution is 2.33. The Balaban J connectivity index is 1.59. The van der Waals surface area contributed by atoms with E-state index in [1.807, 2.05) is 43.5 Å². The maximum atomic E-state index is 13.9. The van der Waals surface area contributed by atoms with Gasteiger partial charge in [0.05, 0.1) is 19.4 Å². The number of hydrogen-bond donors (Lipinski definition) is 0. The summed E-state index contributed by atoms with van der Waals surface area (Å²) < 4.78 is 14.5. The van der Waals surface area contributed by atoms with Crippen LogP contribution in [0.1, 0.15) is 18.1 Å². The van der Waals surface area contributed by atoms with Gasteiger partial charge in [-0.15, -0.1) is 0 Å². The van der Waals surface area contributed by atoms with E-state index in [4.69, 9.17) is 21.7 Å². The molecule has 0 atom stereocenters. The summed E-state index contributed by atoms with van der Waals surface area (Å²) in [4.78, 5) is 29.2. The van der Waals surface area contributed by atoms with Gasteiger partial charge in [-0.05, 0) is 85.4 Å². The maximum absolute atomic E-state index is 13.9. The Bertz CT molecular complexity index is 1630. The van der Waals surface area contributed by atoms with E-state index in [0.29, 0.717) is 24.6 Å². The molecule has 0 aliphatic carbocycles. The number of amides is 1. The summed E-state index contributed by atoms with van der Waals surface area (Å²) in [6, 6.07) is 21.3. The summed E-state index contributed by atoms with van der Waals surface area (Å²) in [7, 11) is 1.31. The fraction of sp³-hybridized carbons (Fsp3) is 0.167. The number of aromatic nitrogens is 1. The highest BCUT2D eigenvalue weighted by molar-refractivity contribution is 9.10. The third-order valence-corrected chi connectivity index (χ3v) is 7.91. The highest BCUT2D eigenvalue weighted by Gasteiger charge is 2.40. The molecule has 204 valence electrons. The van der Waals surface area contributed by atoms with Crippen LogP contribution in [-0.2, 0) is 20.9 Å². The highest BCUT2D eigenvalue weighted by atomic mass is 79.9. The molecule has 0 unspecified atom stereocenters. The van der Waals surface area contributed by atoms with Crippen LogP contribution in [0, 0.1) is 0 Å². The van der Waals surface area contributed by atoms with Gasteiger partial charge in [-0.2, -0.15) is 0 Å². The van der Waals surface area contributed by atoms with Crippen LogP contribution >= 0.6 is 44.1 Å². The molecule has 1 saturated heterocycles. The number of nitrogens with zero attached hydrogens (tertiary/aromatic N) is 3. The summed E-state index contributed by atoms with van der Waals surface area (Å²) in [5.74, 6) is -0.146. The number of benzene rings is 3. The molecule has 1 aromatic heterocycles. The molecule has 1 amide bonds. The quantitative estimate of drug-likeness (QED) is 0.116. The molecule has 1 fully saturated rings. The van der Waals surface area contributed by atoms with Crippen LogP contribution in [-0.4, -0.2) is 46.7 Å². The first-order valence-electron chi connectivity index (χ1n) is 12.5. The summed E-state index contributed by atoms with van der Waals surface area (Å²) in [5.41, 5.74) is 3.83. The van der Waals surface area contributed by atoms with Crippen molar-refractivity contribution in [3.05, 3.63) is 98.7 Å². The number of rotatable bonds is 8. The van der Waals surface area contributed by atoms with Gasteiger partial charge < -0.3 is 18.9 Å². The first kappa shape index (κ1) is 28.1. The van der Waals surface area contributed by atoms with E-state index in [2.05, 4.69) is 48.6 Å². The lowest BCUT2D eigenvalue weighted by Gasteiger charge is -2.19. The number of esters is 1. The molecule has 0 N–H and O–H groups in total. The van der Waals surface area contributed by atoms with Gasteiger partial charge in [-0.25, -0.2) is 0 Å². The summed E-state index contributed by atoms with van der Waals surface area (Å²) in [6.07, 6.45) is 3.80. The van der Waals surface area contributed by atoms with E-state index in [-0.39, 0.29) is 23.3 Å². The Labute approximate surface area is 254 Å². The second kappa shape index (κ2) is 12.0. The molecule has 5 rings (SSSR count).